The minimum Gasteiger partial charge on any atom is -0.439 e. The Labute approximate surface area is 383 Å². The molecule has 312 valence electrons. The smallest absolute Gasteiger partial charge is 0.213 e. The highest BCUT2D eigenvalue weighted by molar-refractivity contribution is 6.24. The molecule has 0 aliphatic carbocycles. The van der Waals surface area contributed by atoms with Gasteiger partial charge in [0.2, 0.25) is 5.71 Å². The quantitative estimate of drug-likeness (QED) is 0.170. The van der Waals surface area contributed by atoms with Crippen LogP contribution in [0.1, 0.15) is 0 Å². The van der Waals surface area contributed by atoms with Crippen LogP contribution in [0.2, 0.25) is 0 Å². The largest absolute Gasteiger partial charge is 0.439 e. The van der Waals surface area contributed by atoms with E-state index in [4.69, 9.17) is 4.42 Å². The van der Waals surface area contributed by atoms with Crippen LogP contribution in [0, 0.1) is 0 Å². The van der Waals surface area contributed by atoms with Crippen molar-refractivity contribution in [3.05, 3.63) is 231 Å². The van der Waals surface area contributed by atoms with Gasteiger partial charge in [0.1, 0.15) is 5.58 Å². The van der Waals surface area contributed by atoms with Crippen molar-refractivity contribution in [1.82, 2.24) is 18.3 Å². The molecule has 0 amide bonds. The number of hydrogen-bond acceptors (Lipinski definition) is 1. The highest BCUT2D eigenvalue weighted by Crippen LogP contribution is 2.45. The molecule has 0 atom stereocenters. The standard InChI is InChI=1S/C62H38N4O/c1-2-17-40(18-3-1)66-58-30-15-25-44(60(58)61-49-24-8-13-31-59(49)67-62(61)66)39-16-14-19-41(36-39)63-56-34-32-42(64-52-26-9-4-20-45(52)46-21-5-10-27-53(46)64)37-50(56)51-38-43(33-35-57(51)63)65-54-28-11-6-22-47(54)48-23-7-12-29-55(48)65/h1-38H. The fourth-order valence-electron chi connectivity index (χ4n) is 11.4. The van der Waals surface area contributed by atoms with E-state index >= 15 is 0 Å². The molecule has 0 fully saturated rings. The van der Waals surface area contributed by atoms with E-state index < -0.39 is 0 Å². The first-order valence-corrected chi connectivity index (χ1v) is 22.9. The third kappa shape index (κ3) is 5.08. The van der Waals surface area contributed by atoms with Crippen molar-refractivity contribution in [2.24, 2.45) is 0 Å². The average Bonchev–Trinajstić information content (AvgIpc) is 4.18. The van der Waals surface area contributed by atoms with Gasteiger partial charge in [-0.15, -0.1) is 0 Å². The second-order valence-corrected chi connectivity index (χ2v) is 17.7. The fourth-order valence-corrected chi connectivity index (χ4v) is 11.4. The molecule has 5 heterocycles. The van der Waals surface area contributed by atoms with Crippen LogP contribution in [0.3, 0.4) is 0 Å². The van der Waals surface area contributed by atoms with Gasteiger partial charge in [0.05, 0.1) is 44.0 Å². The van der Waals surface area contributed by atoms with Gasteiger partial charge in [-0.3, -0.25) is 4.57 Å². The van der Waals surface area contributed by atoms with Crippen LogP contribution >= 0.6 is 0 Å². The van der Waals surface area contributed by atoms with Crippen LogP contribution in [-0.4, -0.2) is 18.3 Å². The van der Waals surface area contributed by atoms with Crippen LogP contribution in [0.4, 0.5) is 0 Å². The minimum atomic E-state index is 0.853. The summed E-state index contributed by atoms with van der Waals surface area (Å²) in [6.45, 7) is 0. The molecule has 5 nitrogen and oxygen atoms in total. The van der Waals surface area contributed by atoms with Crippen LogP contribution in [-0.2, 0) is 0 Å². The van der Waals surface area contributed by atoms with E-state index in [2.05, 4.69) is 243 Å². The van der Waals surface area contributed by atoms with Crippen molar-refractivity contribution in [2.45, 2.75) is 0 Å². The first kappa shape index (κ1) is 36.3. The van der Waals surface area contributed by atoms with Gasteiger partial charge in [-0.05, 0) is 108 Å². The lowest BCUT2D eigenvalue weighted by Gasteiger charge is -2.13. The zero-order chi connectivity index (χ0) is 43.7. The second-order valence-electron chi connectivity index (χ2n) is 17.7. The van der Waals surface area contributed by atoms with Crippen molar-refractivity contribution >= 4 is 98.4 Å². The molecule has 0 radical (unpaired) electrons. The molecule has 0 unspecified atom stereocenters. The zero-order valence-electron chi connectivity index (χ0n) is 36.1. The molecule has 67 heavy (non-hydrogen) atoms. The lowest BCUT2D eigenvalue weighted by atomic mass is 9.98. The summed E-state index contributed by atoms with van der Waals surface area (Å²) < 4.78 is 16.3. The first-order valence-electron chi connectivity index (χ1n) is 22.9. The predicted octanol–water partition coefficient (Wildman–Crippen LogP) is 16.5. The topological polar surface area (TPSA) is 32.9 Å². The molecule has 0 saturated carbocycles. The molecule has 5 heteroatoms. The molecular weight excluding hydrogens is 817 g/mol. The Morgan fingerprint density at radius 2 is 0.687 bits per heavy atom. The second kappa shape index (κ2) is 13.7. The van der Waals surface area contributed by atoms with E-state index in [1.807, 2.05) is 6.07 Å². The molecule has 0 bridgehead atoms. The Morgan fingerprint density at radius 1 is 0.254 bits per heavy atom. The third-order valence-electron chi connectivity index (χ3n) is 14.2. The van der Waals surface area contributed by atoms with Crippen molar-refractivity contribution in [2.75, 3.05) is 0 Å². The number of para-hydroxylation sites is 6. The minimum absolute atomic E-state index is 0.853. The molecule has 15 rings (SSSR count). The molecule has 0 N–H and O–H groups in total. The summed E-state index contributed by atoms with van der Waals surface area (Å²) in [5.74, 6) is 0. The Bertz CT molecular complexity index is 4240. The van der Waals surface area contributed by atoms with E-state index in [0.717, 1.165) is 72.5 Å². The molecule has 0 saturated heterocycles. The zero-order valence-corrected chi connectivity index (χ0v) is 36.1. The monoisotopic (exact) mass is 854 g/mol. The molecular formula is C62H38N4O. The van der Waals surface area contributed by atoms with Crippen molar-refractivity contribution in [3.63, 3.8) is 0 Å². The van der Waals surface area contributed by atoms with Gasteiger partial charge in [0, 0.05) is 65.8 Å². The number of benzene rings is 10. The lowest BCUT2D eigenvalue weighted by Crippen LogP contribution is -1.97. The number of nitrogens with zero attached hydrogens (tertiary/aromatic N) is 4. The van der Waals surface area contributed by atoms with E-state index in [-0.39, 0.29) is 0 Å². The third-order valence-corrected chi connectivity index (χ3v) is 14.2. The summed E-state index contributed by atoms with van der Waals surface area (Å²) in [6, 6.07) is 83.8. The highest BCUT2D eigenvalue weighted by Gasteiger charge is 2.23. The van der Waals surface area contributed by atoms with Crippen molar-refractivity contribution < 1.29 is 4.42 Å². The maximum absolute atomic E-state index is 6.72. The Balaban J connectivity index is 0.996. The van der Waals surface area contributed by atoms with Crippen LogP contribution in [0.5, 0.6) is 0 Å². The SMILES string of the molecule is c1ccc(-n2c3cccc(-c4cccc(-n5c6ccc(-n7c8ccccc8c8ccccc87)cc6c6cc(-n7c8ccccc8c8ccccc87)ccc65)c4)c3c3c4ccccc4oc32)cc1. The van der Waals surface area contributed by atoms with Gasteiger partial charge in [-0.1, -0.05) is 133 Å². The maximum Gasteiger partial charge on any atom is 0.213 e. The summed E-state index contributed by atoms with van der Waals surface area (Å²) in [4.78, 5) is 0. The number of rotatable bonds is 5. The number of fused-ring (bicyclic) bond motifs is 14. The van der Waals surface area contributed by atoms with E-state index in [0.29, 0.717) is 0 Å². The van der Waals surface area contributed by atoms with E-state index in [1.54, 1.807) is 0 Å². The van der Waals surface area contributed by atoms with Crippen molar-refractivity contribution in [3.8, 4) is 33.9 Å². The van der Waals surface area contributed by atoms with E-state index in [9.17, 15) is 0 Å². The molecule has 0 aliphatic rings. The van der Waals surface area contributed by atoms with Gasteiger partial charge in [0.15, 0.2) is 0 Å². The molecule has 10 aromatic carbocycles. The molecule has 5 aromatic heterocycles. The fraction of sp³-hybridized carbons (Fsp3) is 0. The number of hydrogen-bond donors (Lipinski definition) is 0. The Hall–Kier alpha value is -9.06. The normalized spacial score (nSPS) is 12.2. The highest BCUT2D eigenvalue weighted by atomic mass is 16.3. The van der Waals surface area contributed by atoms with Gasteiger partial charge in [-0.2, -0.15) is 0 Å². The number of aromatic nitrogens is 4. The van der Waals surface area contributed by atoms with E-state index in [1.165, 1.54) is 59.8 Å². The summed E-state index contributed by atoms with van der Waals surface area (Å²) in [7, 11) is 0. The first-order chi connectivity index (χ1) is 33.3. The van der Waals surface area contributed by atoms with Gasteiger partial charge < -0.3 is 18.1 Å². The van der Waals surface area contributed by atoms with Crippen LogP contribution in [0.25, 0.3) is 132 Å². The van der Waals surface area contributed by atoms with Gasteiger partial charge in [-0.25, -0.2) is 0 Å². The summed E-state index contributed by atoms with van der Waals surface area (Å²) in [6.07, 6.45) is 0. The van der Waals surface area contributed by atoms with Crippen LogP contribution < -0.4 is 0 Å². The summed E-state index contributed by atoms with van der Waals surface area (Å²) >= 11 is 0. The Kier molecular flexibility index (Phi) is 7.44. The molecule has 0 spiro atoms. The number of furan rings is 1. The van der Waals surface area contributed by atoms with Crippen LogP contribution in [0.15, 0.2) is 235 Å². The maximum atomic E-state index is 6.72. The summed E-state index contributed by atoms with van der Waals surface area (Å²) in [5, 5.41) is 10.8. The summed E-state index contributed by atoms with van der Waals surface area (Å²) in [5.41, 5.74) is 16.6. The predicted molar refractivity (Wildman–Crippen MR) is 279 cm³/mol. The van der Waals surface area contributed by atoms with Gasteiger partial charge >= 0.3 is 0 Å². The molecule has 15 aromatic rings. The average molecular weight is 855 g/mol. The van der Waals surface area contributed by atoms with Gasteiger partial charge in [0.25, 0.3) is 0 Å². The van der Waals surface area contributed by atoms with Crippen molar-refractivity contribution in [1.29, 1.82) is 0 Å². The molecule has 0 aliphatic heterocycles. The lowest BCUT2D eigenvalue weighted by molar-refractivity contribution is 0.645. The Morgan fingerprint density at radius 3 is 1.25 bits per heavy atom.